The molecular formula is C14H28N3S+. The summed E-state index contributed by atoms with van der Waals surface area (Å²) in [6.45, 7) is 14.8. The van der Waals surface area contributed by atoms with Crippen LogP contribution in [-0.4, -0.2) is 30.7 Å². The minimum atomic E-state index is 0.574. The van der Waals surface area contributed by atoms with Crippen LogP contribution in [0, 0.1) is 21.3 Å². The second-order valence-corrected chi connectivity index (χ2v) is 5.09. The Balaban J connectivity index is 0. The molecule has 0 saturated carbocycles. The fraction of sp³-hybridized carbons (Fsp3) is 0.857. The molecule has 0 saturated heterocycles. The van der Waals surface area contributed by atoms with Crippen molar-refractivity contribution < 1.29 is 4.48 Å². The second-order valence-electron chi connectivity index (χ2n) is 4.52. The first-order valence-electron chi connectivity index (χ1n) is 6.95. The van der Waals surface area contributed by atoms with E-state index in [1.807, 2.05) is 0 Å². The average molecular weight is 270 g/mol. The molecule has 0 aromatic rings. The molecule has 0 N–H and O–H groups in total. The third-order valence-electron chi connectivity index (χ3n) is 2.88. The fourth-order valence-electron chi connectivity index (χ4n) is 2.59. The Kier molecular flexibility index (Phi) is 15.6. The highest BCUT2D eigenvalue weighted by molar-refractivity contribution is 8.07. The van der Waals surface area contributed by atoms with Gasteiger partial charge in [0.15, 0.2) is 0 Å². The van der Waals surface area contributed by atoms with Crippen LogP contribution in [0.3, 0.4) is 0 Å². The number of hydrogen-bond acceptors (Lipinski definition) is 3. The first-order valence-corrected chi connectivity index (χ1v) is 7.77. The normalized spacial score (nSPS) is 9.89. The van der Waals surface area contributed by atoms with Crippen LogP contribution in [0.25, 0.3) is 0 Å². The van der Waals surface area contributed by atoms with E-state index in [1.165, 1.54) is 56.3 Å². The lowest BCUT2D eigenvalue weighted by atomic mass is 10.2. The summed E-state index contributed by atoms with van der Waals surface area (Å²) in [7, 11) is 0. The molecule has 104 valence electrons. The molecule has 3 nitrogen and oxygen atoms in total. The number of nitrogens with zero attached hydrogens (tertiary/aromatic N) is 3. The molecule has 0 unspecified atom stereocenters. The quantitative estimate of drug-likeness (QED) is 0.492. The van der Waals surface area contributed by atoms with E-state index < -0.39 is 0 Å². The monoisotopic (exact) mass is 270 g/mol. The van der Waals surface area contributed by atoms with Crippen molar-refractivity contribution in [2.24, 2.45) is 0 Å². The van der Waals surface area contributed by atoms with Crippen molar-refractivity contribution >= 4 is 11.8 Å². The van der Waals surface area contributed by atoms with Crippen LogP contribution < -0.4 is 0 Å². The summed E-state index contributed by atoms with van der Waals surface area (Å²) in [4.78, 5) is 0. The predicted molar refractivity (Wildman–Crippen MR) is 79.7 cm³/mol. The van der Waals surface area contributed by atoms with Crippen molar-refractivity contribution in [2.75, 3.05) is 26.2 Å². The zero-order valence-corrected chi connectivity index (χ0v) is 13.2. The summed E-state index contributed by atoms with van der Waals surface area (Å²) in [6.07, 6.45) is 5.33. The molecule has 0 bridgehead atoms. The molecule has 0 aliphatic carbocycles. The average Bonchev–Trinajstić information content (AvgIpc) is 2.32. The van der Waals surface area contributed by atoms with Gasteiger partial charge in [0.1, 0.15) is 10.8 Å². The highest BCUT2D eigenvalue weighted by atomic mass is 32.2. The van der Waals surface area contributed by atoms with E-state index in [0.717, 1.165) is 0 Å². The Bertz CT molecular complexity index is 211. The van der Waals surface area contributed by atoms with Gasteiger partial charge in [-0.1, -0.05) is 27.7 Å². The maximum atomic E-state index is 7.56. The Morgan fingerprint density at radius 3 is 1.11 bits per heavy atom. The van der Waals surface area contributed by atoms with E-state index >= 15 is 0 Å². The molecule has 0 aliphatic rings. The van der Waals surface area contributed by atoms with Crippen molar-refractivity contribution in [3.63, 3.8) is 0 Å². The minimum absolute atomic E-state index is 0.574. The summed E-state index contributed by atoms with van der Waals surface area (Å²) in [6, 6.07) is 0. The standard InChI is InChI=1S/C12H28N.C2N2S/c1-5-9-13(10-6-2,11-7-3)12-8-4;3-1-5-2-4/h5-12H2,1-4H3;/q+1;. The molecule has 0 radical (unpaired) electrons. The number of hydrogen-bond donors (Lipinski definition) is 0. The molecule has 0 amide bonds. The Labute approximate surface area is 117 Å². The van der Waals surface area contributed by atoms with E-state index in [0.29, 0.717) is 11.8 Å². The molecule has 0 aliphatic heterocycles. The molecule has 4 heteroatoms. The molecule has 0 atom stereocenters. The van der Waals surface area contributed by atoms with Crippen LogP contribution >= 0.6 is 11.8 Å². The van der Waals surface area contributed by atoms with E-state index in [9.17, 15) is 0 Å². The van der Waals surface area contributed by atoms with Crippen LogP contribution in [-0.2, 0) is 0 Å². The van der Waals surface area contributed by atoms with Gasteiger partial charge >= 0.3 is 0 Å². The smallest absolute Gasteiger partial charge is 0.149 e. The lowest BCUT2D eigenvalue weighted by Gasteiger charge is -2.38. The first kappa shape index (κ1) is 19.6. The molecule has 0 spiro atoms. The summed E-state index contributed by atoms with van der Waals surface area (Å²) >= 11 is 0.574. The van der Waals surface area contributed by atoms with Crippen molar-refractivity contribution in [1.82, 2.24) is 0 Å². The Morgan fingerprint density at radius 1 is 0.722 bits per heavy atom. The lowest BCUT2D eigenvalue weighted by molar-refractivity contribution is -0.928. The van der Waals surface area contributed by atoms with E-state index in [1.54, 1.807) is 10.8 Å². The fourth-order valence-corrected chi connectivity index (χ4v) is 2.63. The topological polar surface area (TPSA) is 47.6 Å². The molecule has 0 aromatic carbocycles. The molecule has 18 heavy (non-hydrogen) atoms. The Hall–Kier alpha value is -0.710. The van der Waals surface area contributed by atoms with Gasteiger partial charge in [-0.15, -0.1) is 0 Å². The van der Waals surface area contributed by atoms with Crippen LogP contribution in [0.1, 0.15) is 53.4 Å². The van der Waals surface area contributed by atoms with Gasteiger partial charge in [-0.2, -0.15) is 10.5 Å². The van der Waals surface area contributed by atoms with Gasteiger partial charge in [0, 0.05) is 0 Å². The number of thiocyanates is 2. The second kappa shape index (κ2) is 14.4. The third kappa shape index (κ3) is 10.4. The summed E-state index contributed by atoms with van der Waals surface area (Å²) in [5.74, 6) is 0. The summed E-state index contributed by atoms with van der Waals surface area (Å²) in [5, 5.41) is 18.3. The third-order valence-corrected chi connectivity index (χ3v) is 3.07. The van der Waals surface area contributed by atoms with E-state index in [2.05, 4.69) is 27.7 Å². The van der Waals surface area contributed by atoms with Gasteiger partial charge in [0.2, 0.25) is 0 Å². The maximum Gasteiger partial charge on any atom is 0.149 e. The number of rotatable bonds is 8. The summed E-state index contributed by atoms with van der Waals surface area (Å²) in [5.41, 5.74) is 0. The number of quaternary nitrogens is 1. The Morgan fingerprint density at radius 2 is 1.00 bits per heavy atom. The van der Waals surface area contributed by atoms with Gasteiger partial charge in [0.05, 0.1) is 37.9 Å². The van der Waals surface area contributed by atoms with Gasteiger partial charge in [-0.3, -0.25) is 0 Å². The van der Waals surface area contributed by atoms with E-state index in [-0.39, 0.29) is 0 Å². The first-order chi connectivity index (χ1) is 8.66. The maximum absolute atomic E-state index is 7.56. The van der Waals surface area contributed by atoms with Crippen molar-refractivity contribution in [2.45, 2.75) is 53.4 Å². The largest absolute Gasteiger partial charge is 0.324 e. The van der Waals surface area contributed by atoms with Crippen LogP contribution in [0.4, 0.5) is 0 Å². The lowest BCUT2D eigenvalue weighted by Crippen LogP contribution is -2.50. The molecule has 0 fully saturated rings. The van der Waals surface area contributed by atoms with Crippen molar-refractivity contribution in [1.29, 1.82) is 10.5 Å². The number of thioether (sulfide) groups is 1. The predicted octanol–water partition coefficient (Wildman–Crippen LogP) is 4.12. The van der Waals surface area contributed by atoms with Gasteiger partial charge in [-0.25, -0.2) is 0 Å². The summed E-state index contributed by atoms with van der Waals surface area (Å²) < 4.78 is 1.38. The van der Waals surface area contributed by atoms with Gasteiger partial charge in [-0.05, 0) is 25.7 Å². The SMILES string of the molecule is CCC[N+](CCC)(CCC)CCC.N#CSC#N. The van der Waals surface area contributed by atoms with Crippen LogP contribution in [0.2, 0.25) is 0 Å². The van der Waals surface area contributed by atoms with Crippen LogP contribution in [0.5, 0.6) is 0 Å². The highest BCUT2D eigenvalue weighted by Crippen LogP contribution is 2.12. The van der Waals surface area contributed by atoms with Crippen molar-refractivity contribution in [3.05, 3.63) is 0 Å². The zero-order valence-electron chi connectivity index (χ0n) is 12.4. The van der Waals surface area contributed by atoms with Crippen molar-refractivity contribution in [3.8, 4) is 10.8 Å². The molecule has 0 aromatic heterocycles. The van der Waals surface area contributed by atoms with E-state index in [4.69, 9.17) is 10.5 Å². The minimum Gasteiger partial charge on any atom is -0.324 e. The van der Waals surface area contributed by atoms with Gasteiger partial charge < -0.3 is 4.48 Å². The molecular weight excluding hydrogens is 242 g/mol. The zero-order chi connectivity index (χ0) is 14.3. The van der Waals surface area contributed by atoms with Crippen LogP contribution in [0.15, 0.2) is 0 Å². The van der Waals surface area contributed by atoms with Gasteiger partial charge in [0.25, 0.3) is 0 Å². The molecule has 0 rings (SSSR count). The number of nitriles is 2. The highest BCUT2D eigenvalue weighted by Gasteiger charge is 2.22. The molecule has 0 heterocycles.